The van der Waals surface area contributed by atoms with Gasteiger partial charge in [0.15, 0.2) is 12.4 Å². The number of primary amides is 1. The maximum Gasteiger partial charge on any atom is 0.422 e. The van der Waals surface area contributed by atoms with Crippen LogP contribution in [0.5, 0.6) is 5.75 Å². The van der Waals surface area contributed by atoms with Crippen molar-refractivity contribution >= 4 is 22.7 Å². The molecular formula is C18H21F3N4O5. The lowest BCUT2D eigenvalue weighted by molar-refractivity contribution is -0.153. The van der Waals surface area contributed by atoms with Crippen LogP contribution in [0.2, 0.25) is 0 Å². The summed E-state index contributed by atoms with van der Waals surface area (Å²) in [5, 5.41) is 8.80. The van der Waals surface area contributed by atoms with Crippen molar-refractivity contribution in [2.75, 3.05) is 26.3 Å². The largest absolute Gasteiger partial charge is 0.481 e. The Morgan fingerprint density at radius 2 is 1.93 bits per heavy atom. The number of alkyl halides is 3. The number of hydrogen-bond acceptors (Lipinski definition) is 5. The molecular weight excluding hydrogens is 409 g/mol. The van der Waals surface area contributed by atoms with Gasteiger partial charge in [0.05, 0.1) is 5.52 Å². The van der Waals surface area contributed by atoms with Gasteiger partial charge in [0.1, 0.15) is 17.7 Å². The Morgan fingerprint density at radius 1 is 1.30 bits per heavy atom. The maximum atomic E-state index is 13.1. The summed E-state index contributed by atoms with van der Waals surface area (Å²) < 4.78 is 45.6. The van der Waals surface area contributed by atoms with Crippen LogP contribution in [0.4, 0.5) is 13.2 Å². The van der Waals surface area contributed by atoms with Gasteiger partial charge in [0, 0.05) is 32.4 Å². The number of aliphatic hydroxyl groups is 1. The predicted molar refractivity (Wildman–Crippen MR) is 99.2 cm³/mol. The number of aliphatic hydroxyl groups excluding tert-OH is 1. The van der Waals surface area contributed by atoms with Gasteiger partial charge in [0.2, 0.25) is 5.91 Å². The first-order valence-electron chi connectivity index (χ1n) is 9.16. The molecule has 1 fully saturated rings. The Bertz CT molecular complexity index is 1040. The number of fused-ring (bicyclic) bond motifs is 1. The third-order valence-corrected chi connectivity index (χ3v) is 5.20. The average Bonchev–Trinajstić information content (AvgIpc) is 2.98. The number of pyridine rings is 1. The minimum Gasteiger partial charge on any atom is -0.481 e. The molecule has 3 rings (SSSR count). The number of rotatable bonds is 5. The van der Waals surface area contributed by atoms with Crippen molar-refractivity contribution < 1.29 is 32.6 Å². The fourth-order valence-electron chi connectivity index (χ4n) is 3.78. The van der Waals surface area contributed by atoms with Gasteiger partial charge in [-0.1, -0.05) is 0 Å². The fourth-order valence-corrected chi connectivity index (χ4v) is 3.78. The molecule has 0 saturated carbocycles. The maximum absolute atomic E-state index is 13.1. The summed E-state index contributed by atoms with van der Waals surface area (Å²) in [5.74, 6) is -1.93. The number of ether oxygens (including phenoxy) is 1. The Labute approximate surface area is 168 Å². The molecule has 0 aromatic carbocycles. The molecule has 164 valence electrons. The quantitative estimate of drug-likeness (QED) is 0.717. The van der Waals surface area contributed by atoms with Crippen molar-refractivity contribution in [3.8, 4) is 5.75 Å². The van der Waals surface area contributed by atoms with Crippen LogP contribution in [0.1, 0.15) is 29.4 Å². The molecule has 1 aliphatic rings. The highest BCUT2D eigenvalue weighted by Gasteiger charge is 2.32. The zero-order valence-corrected chi connectivity index (χ0v) is 16.1. The van der Waals surface area contributed by atoms with Gasteiger partial charge in [-0.2, -0.15) is 13.2 Å². The van der Waals surface area contributed by atoms with Crippen LogP contribution in [0.3, 0.4) is 0 Å². The van der Waals surface area contributed by atoms with Crippen LogP contribution < -0.4 is 16.0 Å². The monoisotopic (exact) mass is 430 g/mol. The number of amides is 2. The van der Waals surface area contributed by atoms with E-state index in [0.29, 0.717) is 25.9 Å². The molecule has 3 heterocycles. The molecule has 0 spiro atoms. The van der Waals surface area contributed by atoms with Crippen molar-refractivity contribution in [3.05, 3.63) is 28.3 Å². The molecule has 0 atom stereocenters. The molecule has 0 aliphatic carbocycles. The summed E-state index contributed by atoms with van der Waals surface area (Å²) in [6.07, 6.45) is -2.33. The zero-order valence-electron chi connectivity index (χ0n) is 16.1. The van der Waals surface area contributed by atoms with E-state index >= 15 is 0 Å². The first kappa shape index (κ1) is 21.7. The SMILES string of the molecule is Cn1c(C(N)=O)c(OCC(F)(F)F)c2c(=O)n(C3CCN(C(=O)CO)CC3)ccc21. The van der Waals surface area contributed by atoms with E-state index in [9.17, 15) is 27.6 Å². The Balaban J connectivity index is 2.03. The molecule has 30 heavy (non-hydrogen) atoms. The van der Waals surface area contributed by atoms with Crippen LogP contribution in [-0.4, -0.2) is 63.4 Å². The molecule has 0 bridgehead atoms. The van der Waals surface area contributed by atoms with Gasteiger partial charge in [-0.05, 0) is 18.9 Å². The number of carbonyl (C=O) groups is 2. The number of carbonyl (C=O) groups excluding carboxylic acids is 2. The smallest absolute Gasteiger partial charge is 0.422 e. The Kier molecular flexibility index (Phi) is 5.79. The summed E-state index contributed by atoms with van der Waals surface area (Å²) in [4.78, 5) is 38.1. The average molecular weight is 430 g/mol. The van der Waals surface area contributed by atoms with E-state index in [-0.39, 0.29) is 22.6 Å². The van der Waals surface area contributed by atoms with Crippen LogP contribution in [0.25, 0.3) is 10.9 Å². The highest BCUT2D eigenvalue weighted by molar-refractivity contribution is 6.03. The number of hydrogen-bond donors (Lipinski definition) is 2. The number of aromatic nitrogens is 2. The molecule has 1 aliphatic heterocycles. The molecule has 1 saturated heterocycles. The topological polar surface area (TPSA) is 120 Å². The van der Waals surface area contributed by atoms with Gasteiger partial charge in [-0.25, -0.2) is 0 Å². The third-order valence-electron chi connectivity index (χ3n) is 5.20. The lowest BCUT2D eigenvalue weighted by Gasteiger charge is -2.32. The van der Waals surface area contributed by atoms with Crippen molar-refractivity contribution in [2.45, 2.75) is 25.1 Å². The number of aryl methyl sites for hydroxylation is 1. The zero-order chi connectivity index (χ0) is 22.2. The Morgan fingerprint density at radius 3 is 2.47 bits per heavy atom. The molecule has 0 unspecified atom stereocenters. The summed E-state index contributed by atoms with van der Waals surface area (Å²) in [7, 11) is 1.41. The van der Waals surface area contributed by atoms with Crippen molar-refractivity contribution in [2.24, 2.45) is 12.8 Å². The second kappa shape index (κ2) is 8.01. The van der Waals surface area contributed by atoms with Crippen molar-refractivity contribution in [1.29, 1.82) is 0 Å². The Hall–Kier alpha value is -3.02. The molecule has 2 amide bonds. The lowest BCUT2D eigenvalue weighted by Crippen LogP contribution is -2.41. The predicted octanol–water partition coefficient (Wildman–Crippen LogP) is 0.536. The van der Waals surface area contributed by atoms with Gasteiger partial charge in [0.25, 0.3) is 11.5 Å². The highest BCUT2D eigenvalue weighted by atomic mass is 19.4. The number of likely N-dealkylation sites (tertiary alicyclic amines) is 1. The van der Waals surface area contributed by atoms with Gasteiger partial charge < -0.3 is 29.6 Å². The van der Waals surface area contributed by atoms with E-state index in [4.69, 9.17) is 15.6 Å². The van der Waals surface area contributed by atoms with E-state index < -0.39 is 42.5 Å². The summed E-state index contributed by atoms with van der Waals surface area (Å²) >= 11 is 0. The summed E-state index contributed by atoms with van der Waals surface area (Å²) in [6.45, 7) is -1.63. The van der Waals surface area contributed by atoms with E-state index in [1.54, 1.807) is 0 Å². The third kappa shape index (κ3) is 3.99. The number of nitrogens with two attached hydrogens (primary N) is 1. The fraction of sp³-hybridized carbons (Fsp3) is 0.500. The van der Waals surface area contributed by atoms with E-state index in [1.165, 1.54) is 33.3 Å². The van der Waals surface area contributed by atoms with Gasteiger partial charge in [-0.15, -0.1) is 0 Å². The van der Waals surface area contributed by atoms with Crippen LogP contribution in [0, 0.1) is 0 Å². The minimum atomic E-state index is -4.67. The second-order valence-corrected chi connectivity index (χ2v) is 7.06. The van der Waals surface area contributed by atoms with Gasteiger partial charge in [-0.3, -0.25) is 14.4 Å². The van der Waals surface area contributed by atoms with E-state index in [1.807, 2.05) is 0 Å². The van der Waals surface area contributed by atoms with Crippen LogP contribution in [-0.2, 0) is 11.8 Å². The summed E-state index contributed by atoms with van der Waals surface area (Å²) in [6, 6.07) is 1.20. The molecule has 3 N–H and O–H groups in total. The number of halogens is 3. The second-order valence-electron chi connectivity index (χ2n) is 7.06. The normalized spacial score (nSPS) is 15.6. The van der Waals surface area contributed by atoms with E-state index in [2.05, 4.69) is 0 Å². The van der Waals surface area contributed by atoms with Crippen LogP contribution >= 0.6 is 0 Å². The molecule has 0 radical (unpaired) electrons. The first-order chi connectivity index (χ1) is 14.0. The molecule has 2 aromatic heterocycles. The van der Waals surface area contributed by atoms with Crippen molar-refractivity contribution in [1.82, 2.24) is 14.0 Å². The minimum absolute atomic E-state index is 0.160. The number of piperidine rings is 1. The van der Waals surface area contributed by atoms with E-state index in [0.717, 1.165) is 0 Å². The first-order valence-corrected chi connectivity index (χ1v) is 9.16. The molecule has 9 nitrogen and oxygen atoms in total. The highest BCUT2D eigenvalue weighted by Crippen LogP contribution is 2.32. The van der Waals surface area contributed by atoms with Crippen molar-refractivity contribution in [3.63, 3.8) is 0 Å². The van der Waals surface area contributed by atoms with Gasteiger partial charge >= 0.3 is 6.18 Å². The molecule has 12 heteroatoms. The summed E-state index contributed by atoms with van der Waals surface area (Å²) in [5.41, 5.74) is 4.60. The standard InChI is InChI=1S/C18H21F3N4O5/c1-23-11-4-7-25(10-2-5-24(6-3-10)12(27)8-26)17(29)13(11)15(14(23)16(22)28)30-9-18(19,20)21/h4,7,10,26H,2-3,5-6,8-9H2,1H3,(H2,22,28). The lowest BCUT2D eigenvalue weighted by atomic mass is 10.0. The number of nitrogens with zero attached hydrogens (tertiary/aromatic N) is 3. The van der Waals surface area contributed by atoms with Crippen LogP contribution in [0.15, 0.2) is 17.1 Å². The molecule has 2 aromatic rings.